The molecule has 0 amide bonds. The molecule has 1 aliphatic carbocycles. The topological polar surface area (TPSA) is 56.7 Å². The molecule has 0 saturated heterocycles. The van der Waals surface area contributed by atoms with E-state index in [1.54, 1.807) is 0 Å². The summed E-state index contributed by atoms with van der Waals surface area (Å²) in [6.07, 6.45) is 6.06. The molecule has 76 valence electrons. The Kier molecular flexibility index (Phi) is 1.83. The minimum absolute atomic E-state index is 0.116. The maximum absolute atomic E-state index is 6.00. The Labute approximate surface area is 83.5 Å². The van der Waals surface area contributed by atoms with E-state index in [1.165, 1.54) is 19.3 Å². The number of aryl methyl sites for hydroxylation is 1. The number of hydrogen-bond donors (Lipinski definition) is 1. The molecule has 4 heteroatoms. The van der Waals surface area contributed by atoms with Gasteiger partial charge in [0.1, 0.15) is 5.82 Å². The van der Waals surface area contributed by atoms with Gasteiger partial charge in [0.15, 0.2) is 5.82 Å². The zero-order valence-electron chi connectivity index (χ0n) is 8.32. The third-order valence-electron chi connectivity index (χ3n) is 3.40. The number of nitrogens with zero attached hydrogens (tertiary/aromatic N) is 3. The first-order valence-electron chi connectivity index (χ1n) is 5.55. The van der Waals surface area contributed by atoms with Crippen LogP contribution < -0.4 is 5.73 Å². The largest absolute Gasteiger partial charge is 0.321 e. The van der Waals surface area contributed by atoms with Gasteiger partial charge in [-0.05, 0) is 25.7 Å². The SMILES string of the molecule is NC1CCCn2nc(C3CCC3)nc21. The molecule has 1 aromatic rings. The summed E-state index contributed by atoms with van der Waals surface area (Å²) in [5, 5.41) is 4.55. The van der Waals surface area contributed by atoms with E-state index >= 15 is 0 Å². The van der Waals surface area contributed by atoms with Crippen LogP contribution in [-0.4, -0.2) is 14.8 Å². The fourth-order valence-corrected chi connectivity index (χ4v) is 2.24. The van der Waals surface area contributed by atoms with E-state index in [1.807, 2.05) is 4.68 Å². The van der Waals surface area contributed by atoms with E-state index < -0.39 is 0 Å². The van der Waals surface area contributed by atoms with Gasteiger partial charge in [0.25, 0.3) is 0 Å². The molecule has 14 heavy (non-hydrogen) atoms. The maximum Gasteiger partial charge on any atom is 0.154 e. The van der Waals surface area contributed by atoms with E-state index in [-0.39, 0.29) is 6.04 Å². The van der Waals surface area contributed by atoms with Gasteiger partial charge < -0.3 is 5.73 Å². The average molecular weight is 192 g/mol. The van der Waals surface area contributed by atoms with Gasteiger partial charge in [-0.2, -0.15) is 5.10 Å². The van der Waals surface area contributed by atoms with Crippen LogP contribution in [0.5, 0.6) is 0 Å². The van der Waals surface area contributed by atoms with Crippen LogP contribution in [0.25, 0.3) is 0 Å². The summed E-state index contributed by atoms with van der Waals surface area (Å²) >= 11 is 0. The quantitative estimate of drug-likeness (QED) is 0.730. The van der Waals surface area contributed by atoms with Gasteiger partial charge in [0.05, 0.1) is 6.04 Å². The molecule has 4 nitrogen and oxygen atoms in total. The third-order valence-corrected chi connectivity index (χ3v) is 3.40. The second-order valence-corrected chi connectivity index (χ2v) is 4.43. The van der Waals surface area contributed by atoms with Crippen LogP contribution in [0.15, 0.2) is 0 Å². The lowest BCUT2D eigenvalue weighted by Gasteiger charge is -2.21. The van der Waals surface area contributed by atoms with Crippen LogP contribution in [0.3, 0.4) is 0 Å². The van der Waals surface area contributed by atoms with Gasteiger partial charge in [-0.25, -0.2) is 9.67 Å². The van der Waals surface area contributed by atoms with Crippen molar-refractivity contribution in [1.29, 1.82) is 0 Å². The van der Waals surface area contributed by atoms with E-state index in [0.717, 1.165) is 31.0 Å². The Morgan fingerprint density at radius 3 is 2.71 bits per heavy atom. The monoisotopic (exact) mass is 192 g/mol. The number of rotatable bonds is 1. The first-order chi connectivity index (χ1) is 6.84. The average Bonchev–Trinajstić information content (AvgIpc) is 2.46. The maximum atomic E-state index is 6.00. The van der Waals surface area contributed by atoms with Gasteiger partial charge in [-0.3, -0.25) is 0 Å². The molecule has 1 atom stereocenters. The lowest BCUT2D eigenvalue weighted by atomic mass is 9.85. The van der Waals surface area contributed by atoms with Crippen LogP contribution in [0, 0.1) is 0 Å². The summed E-state index contributed by atoms with van der Waals surface area (Å²) in [4.78, 5) is 4.58. The van der Waals surface area contributed by atoms with E-state index in [4.69, 9.17) is 5.73 Å². The van der Waals surface area contributed by atoms with Crippen LogP contribution in [0.4, 0.5) is 0 Å². The summed E-state index contributed by atoms with van der Waals surface area (Å²) < 4.78 is 2.02. The first-order valence-corrected chi connectivity index (χ1v) is 5.55. The summed E-state index contributed by atoms with van der Waals surface area (Å²) in [6.45, 7) is 1.00. The van der Waals surface area contributed by atoms with Crippen molar-refractivity contribution >= 4 is 0 Å². The predicted molar refractivity (Wildman–Crippen MR) is 52.8 cm³/mol. The predicted octanol–water partition coefficient (Wildman–Crippen LogP) is 1.34. The smallest absolute Gasteiger partial charge is 0.154 e. The Bertz CT molecular complexity index is 340. The van der Waals surface area contributed by atoms with Crippen LogP contribution in [0.2, 0.25) is 0 Å². The zero-order valence-corrected chi connectivity index (χ0v) is 8.32. The number of hydrogen-bond acceptors (Lipinski definition) is 3. The Morgan fingerprint density at radius 1 is 1.21 bits per heavy atom. The molecule has 2 N–H and O–H groups in total. The normalized spacial score (nSPS) is 27.1. The van der Waals surface area contributed by atoms with Crippen molar-refractivity contribution in [2.45, 2.75) is 50.6 Å². The minimum Gasteiger partial charge on any atom is -0.321 e. The van der Waals surface area contributed by atoms with Crippen molar-refractivity contribution < 1.29 is 0 Å². The fraction of sp³-hybridized carbons (Fsp3) is 0.800. The zero-order chi connectivity index (χ0) is 9.54. The molecular formula is C10H16N4. The van der Waals surface area contributed by atoms with Gasteiger partial charge in [0.2, 0.25) is 0 Å². The second-order valence-electron chi connectivity index (χ2n) is 4.43. The Morgan fingerprint density at radius 2 is 2.07 bits per heavy atom. The van der Waals surface area contributed by atoms with Crippen molar-refractivity contribution in [2.24, 2.45) is 5.73 Å². The van der Waals surface area contributed by atoms with Crippen LogP contribution in [0.1, 0.15) is 55.7 Å². The number of aromatic nitrogens is 3. The molecule has 0 spiro atoms. The third kappa shape index (κ3) is 1.17. The van der Waals surface area contributed by atoms with Crippen molar-refractivity contribution in [3.8, 4) is 0 Å². The van der Waals surface area contributed by atoms with Crippen molar-refractivity contribution in [1.82, 2.24) is 14.8 Å². The van der Waals surface area contributed by atoms with Gasteiger partial charge in [-0.1, -0.05) is 6.42 Å². The molecule has 2 heterocycles. The molecule has 1 fully saturated rings. The number of fused-ring (bicyclic) bond motifs is 1. The standard InChI is InChI=1S/C10H16N4/c11-8-5-2-6-14-10(8)12-9(13-14)7-3-1-4-7/h7-8H,1-6,11H2. The molecule has 2 aliphatic rings. The highest BCUT2D eigenvalue weighted by atomic mass is 15.4. The van der Waals surface area contributed by atoms with E-state index in [9.17, 15) is 0 Å². The molecule has 0 radical (unpaired) electrons. The lowest BCUT2D eigenvalue weighted by Crippen LogP contribution is -2.22. The highest BCUT2D eigenvalue weighted by molar-refractivity contribution is 5.06. The molecule has 1 unspecified atom stereocenters. The Hall–Kier alpha value is -0.900. The summed E-state index contributed by atoms with van der Waals surface area (Å²) in [6, 6.07) is 0.116. The molecule has 3 rings (SSSR count). The first kappa shape index (κ1) is 8.41. The molecule has 0 bridgehead atoms. The van der Waals surface area contributed by atoms with Crippen LogP contribution in [-0.2, 0) is 6.54 Å². The highest BCUT2D eigenvalue weighted by Gasteiger charge is 2.27. The molecule has 1 saturated carbocycles. The Balaban J connectivity index is 1.93. The van der Waals surface area contributed by atoms with Gasteiger partial charge in [0, 0.05) is 12.5 Å². The van der Waals surface area contributed by atoms with E-state index in [2.05, 4.69) is 10.1 Å². The van der Waals surface area contributed by atoms with E-state index in [0.29, 0.717) is 5.92 Å². The van der Waals surface area contributed by atoms with Crippen molar-refractivity contribution in [3.05, 3.63) is 11.6 Å². The minimum atomic E-state index is 0.116. The summed E-state index contributed by atoms with van der Waals surface area (Å²) in [5.41, 5.74) is 6.00. The molecular weight excluding hydrogens is 176 g/mol. The molecule has 1 aromatic heterocycles. The van der Waals surface area contributed by atoms with Gasteiger partial charge >= 0.3 is 0 Å². The van der Waals surface area contributed by atoms with Crippen molar-refractivity contribution in [2.75, 3.05) is 0 Å². The fourth-order valence-electron chi connectivity index (χ4n) is 2.24. The van der Waals surface area contributed by atoms with Crippen molar-refractivity contribution in [3.63, 3.8) is 0 Å². The second kappa shape index (κ2) is 3.05. The molecule has 1 aliphatic heterocycles. The lowest BCUT2D eigenvalue weighted by molar-refractivity contribution is 0.394. The highest BCUT2D eigenvalue weighted by Crippen LogP contribution is 2.35. The summed E-state index contributed by atoms with van der Waals surface area (Å²) in [7, 11) is 0. The van der Waals surface area contributed by atoms with Gasteiger partial charge in [-0.15, -0.1) is 0 Å². The molecule has 0 aromatic carbocycles. The summed E-state index contributed by atoms with van der Waals surface area (Å²) in [5.74, 6) is 2.68. The number of nitrogens with two attached hydrogens (primary N) is 1. The van der Waals surface area contributed by atoms with Crippen LogP contribution >= 0.6 is 0 Å².